The number of hydrogen-bond donors (Lipinski definition) is 1. The minimum absolute atomic E-state index is 0.180. The minimum atomic E-state index is 0.180. The number of methoxy groups -OCH3 is 1. The first-order chi connectivity index (χ1) is 16.2. The molecule has 7 heteroatoms. The Labute approximate surface area is 194 Å². The van der Waals surface area contributed by atoms with Gasteiger partial charge in [-0.2, -0.15) is 0 Å². The van der Waals surface area contributed by atoms with E-state index in [4.69, 9.17) is 9.47 Å². The highest BCUT2D eigenvalue weighted by Crippen LogP contribution is 2.40. The van der Waals surface area contributed by atoms with Gasteiger partial charge in [0.05, 0.1) is 37.6 Å². The molecule has 1 saturated carbocycles. The number of aromatic amines is 1. The molecular formula is C26H34N4O3. The maximum absolute atomic E-state index is 13.1. The van der Waals surface area contributed by atoms with Gasteiger partial charge in [0.25, 0.3) is 0 Å². The molecule has 1 N–H and O–H groups in total. The normalized spacial score (nSPS) is 24.5. The molecule has 4 heterocycles. The summed E-state index contributed by atoms with van der Waals surface area (Å²) in [6.07, 6.45) is 12.2. The fourth-order valence-corrected chi connectivity index (χ4v) is 5.69. The summed E-state index contributed by atoms with van der Waals surface area (Å²) in [4.78, 5) is 27.6. The molecule has 1 unspecified atom stereocenters. The van der Waals surface area contributed by atoms with Gasteiger partial charge < -0.3 is 14.5 Å². The summed E-state index contributed by atoms with van der Waals surface area (Å²) in [5, 5.41) is 2.35. The summed E-state index contributed by atoms with van der Waals surface area (Å²) in [7, 11) is 1.69. The van der Waals surface area contributed by atoms with E-state index in [9.17, 15) is 4.79 Å². The van der Waals surface area contributed by atoms with Gasteiger partial charge in [0.15, 0.2) is 5.65 Å². The molecule has 5 rings (SSSR count). The first kappa shape index (κ1) is 22.4. The first-order valence-corrected chi connectivity index (χ1v) is 12.3. The van der Waals surface area contributed by atoms with Gasteiger partial charge in [0, 0.05) is 42.7 Å². The quantitative estimate of drug-likeness (QED) is 0.521. The van der Waals surface area contributed by atoms with Crippen LogP contribution in [0, 0.1) is 5.92 Å². The van der Waals surface area contributed by atoms with Crippen molar-refractivity contribution in [3.8, 4) is 0 Å². The summed E-state index contributed by atoms with van der Waals surface area (Å²) in [6.45, 7) is 3.67. The number of nitrogens with zero attached hydrogens (tertiary/aromatic N) is 3. The van der Waals surface area contributed by atoms with Crippen molar-refractivity contribution in [2.24, 2.45) is 5.92 Å². The van der Waals surface area contributed by atoms with Crippen molar-refractivity contribution in [3.05, 3.63) is 36.3 Å². The zero-order chi connectivity index (χ0) is 22.6. The summed E-state index contributed by atoms with van der Waals surface area (Å²) >= 11 is 0. The van der Waals surface area contributed by atoms with Crippen LogP contribution in [0.2, 0.25) is 0 Å². The van der Waals surface area contributed by atoms with Gasteiger partial charge >= 0.3 is 0 Å². The molecule has 3 aromatic heterocycles. The molecule has 0 spiro atoms. The van der Waals surface area contributed by atoms with Crippen LogP contribution in [0.5, 0.6) is 0 Å². The number of H-pyrrole nitrogens is 1. The predicted octanol–water partition coefficient (Wildman–Crippen LogP) is 4.08. The van der Waals surface area contributed by atoms with Crippen LogP contribution in [0.25, 0.3) is 21.9 Å². The number of piperidine rings is 1. The molecule has 0 amide bonds. The Hall–Kier alpha value is -2.35. The highest BCUT2D eigenvalue weighted by molar-refractivity contribution is 6.05. The fourth-order valence-electron chi connectivity index (χ4n) is 5.69. The third kappa shape index (κ3) is 4.95. The number of nitrogens with one attached hydrogen (secondary N) is 1. The predicted molar refractivity (Wildman–Crippen MR) is 128 cm³/mol. The average Bonchev–Trinajstić information content (AvgIpc) is 3.33. The van der Waals surface area contributed by atoms with Gasteiger partial charge in [-0.15, -0.1) is 0 Å². The third-order valence-electron chi connectivity index (χ3n) is 7.43. The van der Waals surface area contributed by atoms with Crippen LogP contribution < -0.4 is 0 Å². The molecule has 0 radical (unpaired) electrons. The third-order valence-corrected chi connectivity index (χ3v) is 7.43. The zero-order valence-corrected chi connectivity index (χ0v) is 19.5. The van der Waals surface area contributed by atoms with Gasteiger partial charge in [0.2, 0.25) is 0 Å². The molecule has 176 valence electrons. The van der Waals surface area contributed by atoms with E-state index in [2.05, 4.69) is 32.0 Å². The zero-order valence-electron chi connectivity index (χ0n) is 19.5. The number of fused-ring (bicyclic) bond motifs is 3. The topological polar surface area (TPSA) is 80.3 Å². The lowest BCUT2D eigenvalue weighted by Gasteiger charge is -2.34. The number of likely N-dealkylation sites (tertiary alicyclic amines) is 1. The second-order valence-corrected chi connectivity index (χ2v) is 9.54. The lowest BCUT2D eigenvalue weighted by molar-refractivity contribution is -0.126. The second kappa shape index (κ2) is 10.3. The van der Waals surface area contributed by atoms with E-state index in [-0.39, 0.29) is 12.0 Å². The maximum atomic E-state index is 13.1. The molecule has 1 aliphatic heterocycles. The van der Waals surface area contributed by atoms with Crippen molar-refractivity contribution in [2.45, 2.75) is 50.5 Å². The van der Waals surface area contributed by atoms with Crippen molar-refractivity contribution in [2.75, 3.05) is 40.0 Å². The van der Waals surface area contributed by atoms with Crippen molar-refractivity contribution < 1.29 is 14.3 Å². The molecule has 7 nitrogen and oxygen atoms in total. The minimum Gasteiger partial charge on any atom is -0.382 e. The SMILES string of the molecule is COCCOC1CCCN(CC(=O)C2CCC(c3cc[nH]c4cnc5nccc5c34)CC2)C1. The smallest absolute Gasteiger partial charge is 0.159 e. The van der Waals surface area contributed by atoms with E-state index in [1.54, 1.807) is 7.11 Å². The number of rotatable bonds is 8. The molecule has 0 bridgehead atoms. The Morgan fingerprint density at radius 2 is 2.03 bits per heavy atom. The van der Waals surface area contributed by atoms with E-state index in [1.165, 1.54) is 10.9 Å². The van der Waals surface area contributed by atoms with Crippen LogP contribution in [-0.2, 0) is 14.3 Å². The molecule has 3 aromatic rings. The van der Waals surface area contributed by atoms with Crippen LogP contribution in [0.4, 0.5) is 0 Å². The number of pyridine rings is 2. The summed E-state index contributed by atoms with van der Waals surface area (Å²) in [5.74, 6) is 1.06. The molecule has 2 aliphatic rings. The Morgan fingerprint density at radius 3 is 2.88 bits per heavy atom. The molecular weight excluding hydrogens is 416 g/mol. The van der Waals surface area contributed by atoms with Crippen molar-refractivity contribution in [1.29, 1.82) is 0 Å². The number of hydrogen-bond acceptors (Lipinski definition) is 6. The lowest BCUT2D eigenvalue weighted by atomic mass is 9.76. The number of Topliss-reactive ketones (excluding diaryl/α,β-unsaturated/α-hetero) is 1. The van der Waals surface area contributed by atoms with Gasteiger partial charge in [0.1, 0.15) is 5.78 Å². The second-order valence-electron chi connectivity index (χ2n) is 9.54. The Balaban J connectivity index is 1.19. The van der Waals surface area contributed by atoms with Crippen molar-refractivity contribution in [3.63, 3.8) is 0 Å². The Bertz CT molecular complexity index is 1090. The van der Waals surface area contributed by atoms with E-state index in [1.807, 2.05) is 18.6 Å². The standard InChI is InChI=1S/C26H34N4O3/c1-32-13-14-33-20-3-2-12-30(16-20)17-24(31)19-6-4-18(5-7-19)21-8-10-27-23-15-29-26-22(25(21)23)9-11-28-26/h8-11,15,18-20,27H,2-7,12-14,16-17H2,1H3. The van der Waals surface area contributed by atoms with Gasteiger partial charge in [-0.1, -0.05) is 0 Å². The van der Waals surface area contributed by atoms with E-state index in [0.717, 1.165) is 68.2 Å². The summed E-state index contributed by atoms with van der Waals surface area (Å²) in [5.41, 5.74) is 3.22. The molecule has 2 fully saturated rings. The first-order valence-electron chi connectivity index (χ1n) is 12.3. The van der Waals surface area contributed by atoms with Crippen LogP contribution in [0.15, 0.2) is 30.7 Å². The monoisotopic (exact) mass is 450 g/mol. The van der Waals surface area contributed by atoms with E-state index >= 15 is 0 Å². The van der Waals surface area contributed by atoms with Gasteiger partial charge in [-0.05, 0) is 68.7 Å². The van der Waals surface area contributed by atoms with Crippen molar-refractivity contribution >= 4 is 27.7 Å². The summed E-state index contributed by atoms with van der Waals surface area (Å²) < 4.78 is 11.0. The average molecular weight is 451 g/mol. The van der Waals surface area contributed by atoms with Crippen molar-refractivity contribution in [1.82, 2.24) is 19.9 Å². The number of ether oxygens (including phenoxy) is 2. The van der Waals surface area contributed by atoms with E-state index < -0.39 is 0 Å². The van der Waals surface area contributed by atoms with Crippen LogP contribution >= 0.6 is 0 Å². The van der Waals surface area contributed by atoms with Gasteiger partial charge in [-0.3, -0.25) is 9.69 Å². The summed E-state index contributed by atoms with van der Waals surface area (Å²) in [6, 6.07) is 4.26. The number of carbonyl (C=O) groups is 1. The molecule has 0 aromatic carbocycles. The van der Waals surface area contributed by atoms with Crippen LogP contribution in [0.1, 0.15) is 50.0 Å². The number of carbonyl (C=O) groups excluding carboxylic acids is 1. The molecule has 33 heavy (non-hydrogen) atoms. The largest absolute Gasteiger partial charge is 0.382 e. The lowest BCUT2D eigenvalue weighted by Crippen LogP contribution is -2.44. The van der Waals surface area contributed by atoms with Crippen LogP contribution in [0.3, 0.4) is 0 Å². The molecule has 1 aliphatic carbocycles. The maximum Gasteiger partial charge on any atom is 0.159 e. The fraction of sp³-hybridized carbons (Fsp3) is 0.577. The molecule has 1 atom stereocenters. The number of ketones is 1. The van der Waals surface area contributed by atoms with E-state index in [0.29, 0.717) is 31.5 Å². The Kier molecular flexibility index (Phi) is 6.99. The van der Waals surface area contributed by atoms with Crippen LogP contribution in [-0.4, -0.2) is 71.7 Å². The van der Waals surface area contributed by atoms with Gasteiger partial charge in [-0.25, -0.2) is 9.97 Å². The molecule has 1 saturated heterocycles. The Morgan fingerprint density at radius 1 is 1.15 bits per heavy atom. The highest BCUT2D eigenvalue weighted by Gasteiger charge is 2.30. The highest BCUT2D eigenvalue weighted by atomic mass is 16.5. The number of aromatic nitrogens is 3.